The highest BCUT2D eigenvalue weighted by molar-refractivity contribution is 5.57. The summed E-state index contributed by atoms with van der Waals surface area (Å²) < 4.78 is 0. The molecular formula is C15H27N5. The summed E-state index contributed by atoms with van der Waals surface area (Å²) in [7, 11) is 0. The summed E-state index contributed by atoms with van der Waals surface area (Å²) in [5.74, 6) is 2.84. The van der Waals surface area contributed by atoms with Crippen LogP contribution in [0.3, 0.4) is 0 Å². The maximum atomic E-state index is 4.62. The topological polar surface area (TPSA) is 53.1 Å². The second-order valence-corrected chi connectivity index (χ2v) is 5.32. The molecule has 1 fully saturated rings. The van der Waals surface area contributed by atoms with E-state index >= 15 is 0 Å². The molecule has 1 aliphatic heterocycles. The lowest BCUT2D eigenvalue weighted by atomic mass is 10.3. The molecule has 2 N–H and O–H groups in total. The van der Waals surface area contributed by atoms with Crippen molar-refractivity contribution in [2.75, 3.05) is 43.4 Å². The zero-order chi connectivity index (χ0) is 14.4. The van der Waals surface area contributed by atoms with Gasteiger partial charge in [-0.25, -0.2) is 9.97 Å². The lowest BCUT2D eigenvalue weighted by Crippen LogP contribution is -2.26. The Morgan fingerprint density at radius 3 is 2.30 bits per heavy atom. The van der Waals surface area contributed by atoms with E-state index in [0.29, 0.717) is 0 Å². The lowest BCUT2D eigenvalue weighted by Gasteiger charge is -2.17. The maximum Gasteiger partial charge on any atom is 0.134 e. The first-order valence-corrected chi connectivity index (χ1v) is 7.82. The Balaban J connectivity index is 1.99. The smallest absolute Gasteiger partial charge is 0.134 e. The molecule has 112 valence electrons. The van der Waals surface area contributed by atoms with Crippen molar-refractivity contribution >= 4 is 11.6 Å². The molecular weight excluding hydrogens is 250 g/mol. The van der Waals surface area contributed by atoms with Gasteiger partial charge in [-0.15, -0.1) is 0 Å². The highest BCUT2D eigenvalue weighted by atomic mass is 15.2. The Hall–Kier alpha value is -1.36. The molecule has 0 unspecified atom stereocenters. The second-order valence-electron chi connectivity index (χ2n) is 5.32. The van der Waals surface area contributed by atoms with Gasteiger partial charge in [-0.05, 0) is 39.8 Å². The van der Waals surface area contributed by atoms with E-state index in [1.165, 1.54) is 25.9 Å². The van der Waals surface area contributed by atoms with Crippen LogP contribution in [-0.4, -0.2) is 47.6 Å². The molecule has 1 aromatic rings. The number of nitrogens with zero attached hydrogens (tertiary/aromatic N) is 3. The third-order valence-electron chi connectivity index (χ3n) is 3.77. The minimum Gasteiger partial charge on any atom is -0.370 e. The monoisotopic (exact) mass is 277 g/mol. The zero-order valence-electron chi connectivity index (χ0n) is 13.0. The van der Waals surface area contributed by atoms with Gasteiger partial charge in [0.2, 0.25) is 0 Å². The molecule has 2 rings (SSSR count). The average Bonchev–Trinajstić information content (AvgIpc) is 2.96. The lowest BCUT2D eigenvalue weighted by molar-refractivity contribution is 0.352. The van der Waals surface area contributed by atoms with E-state index in [1.54, 1.807) is 0 Å². The van der Waals surface area contributed by atoms with E-state index in [0.717, 1.165) is 49.1 Å². The van der Waals surface area contributed by atoms with Crippen molar-refractivity contribution in [3.05, 3.63) is 11.4 Å². The molecule has 0 aromatic carbocycles. The molecule has 0 saturated carbocycles. The summed E-state index contributed by atoms with van der Waals surface area (Å²) in [5, 5.41) is 6.80. The summed E-state index contributed by atoms with van der Waals surface area (Å²) >= 11 is 0. The standard InChI is InChI=1S/C15H27N5/c1-4-13-18-14(16-5-2)12(3)15(19-13)17-8-11-20-9-6-7-10-20/h4-11H2,1-3H3,(H2,16,17,18,19). The SMILES string of the molecule is CCNc1nc(CC)nc(NCCN2CCCC2)c1C. The van der Waals surface area contributed by atoms with Gasteiger partial charge in [0.1, 0.15) is 17.5 Å². The number of hydrogen-bond donors (Lipinski definition) is 2. The Kier molecular flexibility index (Phi) is 5.59. The average molecular weight is 277 g/mol. The fourth-order valence-electron chi connectivity index (χ4n) is 2.57. The Morgan fingerprint density at radius 2 is 1.70 bits per heavy atom. The maximum absolute atomic E-state index is 4.62. The van der Waals surface area contributed by atoms with Crippen LogP contribution < -0.4 is 10.6 Å². The first-order valence-electron chi connectivity index (χ1n) is 7.82. The fourth-order valence-corrected chi connectivity index (χ4v) is 2.57. The zero-order valence-corrected chi connectivity index (χ0v) is 13.0. The molecule has 0 atom stereocenters. The van der Waals surface area contributed by atoms with Gasteiger partial charge in [0.25, 0.3) is 0 Å². The second kappa shape index (κ2) is 7.43. The minimum absolute atomic E-state index is 0.861. The van der Waals surface area contributed by atoms with Crippen molar-refractivity contribution in [2.24, 2.45) is 0 Å². The summed E-state index contributed by atoms with van der Waals surface area (Å²) in [6.07, 6.45) is 3.55. The minimum atomic E-state index is 0.861. The molecule has 0 bridgehead atoms. The van der Waals surface area contributed by atoms with Gasteiger partial charge in [0.05, 0.1) is 0 Å². The number of rotatable bonds is 7. The number of hydrogen-bond acceptors (Lipinski definition) is 5. The molecule has 20 heavy (non-hydrogen) atoms. The molecule has 0 spiro atoms. The summed E-state index contributed by atoms with van der Waals surface area (Å²) in [4.78, 5) is 11.7. The summed E-state index contributed by atoms with van der Waals surface area (Å²) in [6, 6.07) is 0. The normalized spacial score (nSPS) is 15.6. The van der Waals surface area contributed by atoms with Crippen molar-refractivity contribution in [3.8, 4) is 0 Å². The highest BCUT2D eigenvalue weighted by Crippen LogP contribution is 2.20. The number of anilines is 2. The molecule has 5 nitrogen and oxygen atoms in total. The van der Waals surface area contributed by atoms with Gasteiger partial charge in [-0.1, -0.05) is 6.92 Å². The van der Waals surface area contributed by atoms with Crippen molar-refractivity contribution in [1.82, 2.24) is 14.9 Å². The van der Waals surface area contributed by atoms with Crippen molar-refractivity contribution in [3.63, 3.8) is 0 Å². The van der Waals surface area contributed by atoms with E-state index in [9.17, 15) is 0 Å². The predicted molar refractivity (Wildman–Crippen MR) is 84.5 cm³/mol. The van der Waals surface area contributed by atoms with Crippen molar-refractivity contribution in [1.29, 1.82) is 0 Å². The van der Waals surface area contributed by atoms with Crippen LogP contribution in [0.15, 0.2) is 0 Å². The summed E-state index contributed by atoms with van der Waals surface area (Å²) in [6.45, 7) is 11.7. The van der Waals surface area contributed by atoms with Gasteiger partial charge in [0, 0.05) is 31.6 Å². The molecule has 1 aliphatic rings. The van der Waals surface area contributed by atoms with E-state index < -0.39 is 0 Å². The molecule has 0 aliphatic carbocycles. The first kappa shape index (κ1) is 15.0. The number of aryl methyl sites for hydroxylation is 1. The molecule has 0 radical (unpaired) electrons. The van der Waals surface area contributed by atoms with Gasteiger partial charge in [0.15, 0.2) is 0 Å². The largest absolute Gasteiger partial charge is 0.370 e. The molecule has 1 saturated heterocycles. The summed E-state index contributed by atoms with van der Waals surface area (Å²) in [5.41, 5.74) is 1.12. The van der Waals surface area contributed by atoms with Crippen molar-refractivity contribution in [2.45, 2.75) is 40.0 Å². The van der Waals surface area contributed by atoms with Crippen LogP contribution >= 0.6 is 0 Å². The number of likely N-dealkylation sites (tertiary alicyclic amines) is 1. The molecule has 2 heterocycles. The van der Waals surface area contributed by atoms with Gasteiger partial charge in [-0.3, -0.25) is 0 Å². The number of aromatic nitrogens is 2. The van der Waals surface area contributed by atoms with E-state index in [2.05, 4.69) is 46.3 Å². The Bertz CT molecular complexity index is 427. The fraction of sp³-hybridized carbons (Fsp3) is 0.733. The van der Waals surface area contributed by atoms with Gasteiger partial charge >= 0.3 is 0 Å². The Morgan fingerprint density at radius 1 is 1.05 bits per heavy atom. The van der Waals surface area contributed by atoms with Crippen molar-refractivity contribution < 1.29 is 0 Å². The van der Waals surface area contributed by atoms with Crippen LogP contribution in [0.2, 0.25) is 0 Å². The molecule has 5 heteroatoms. The third kappa shape index (κ3) is 3.82. The van der Waals surface area contributed by atoms with Crippen LogP contribution in [0.5, 0.6) is 0 Å². The van der Waals surface area contributed by atoms with Crippen LogP contribution in [0.1, 0.15) is 38.1 Å². The Labute approximate surface area is 122 Å². The quantitative estimate of drug-likeness (QED) is 0.801. The van der Waals surface area contributed by atoms with E-state index in [-0.39, 0.29) is 0 Å². The van der Waals surface area contributed by atoms with Gasteiger partial charge in [-0.2, -0.15) is 0 Å². The van der Waals surface area contributed by atoms with E-state index in [1.807, 2.05) is 0 Å². The first-order chi connectivity index (χ1) is 9.74. The predicted octanol–water partition coefficient (Wildman–Crippen LogP) is 2.29. The highest BCUT2D eigenvalue weighted by Gasteiger charge is 2.12. The number of nitrogens with one attached hydrogen (secondary N) is 2. The third-order valence-corrected chi connectivity index (χ3v) is 3.77. The van der Waals surface area contributed by atoms with Crippen LogP contribution in [0.25, 0.3) is 0 Å². The van der Waals surface area contributed by atoms with Crippen LogP contribution in [0.4, 0.5) is 11.6 Å². The van der Waals surface area contributed by atoms with Crippen LogP contribution in [0, 0.1) is 6.92 Å². The van der Waals surface area contributed by atoms with Crippen LogP contribution in [-0.2, 0) is 6.42 Å². The van der Waals surface area contributed by atoms with E-state index in [4.69, 9.17) is 0 Å². The molecule has 0 amide bonds. The molecule has 1 aromatic heterocycles. The van der Waals surface area contributed by atoms with Gasteiger partial charge < -0.3 is 15.5 Å².